The van der Waals surface area contributed by atoms with Gasteiger partial charge in [-0.05, 0) is 48.9 Å². The van der Waals surface area contributed by atoms with Gasteiger partial charge in [-0.2, -0.15) is 13.2 Å². The lowest BCUT2D eigenvalue weighted by Crippen LogP contribution is -2.18. The maximum absolute atomic E-state index is 12.2. The number of hydrogen-bond acceptors (Lipinski definition) is 2. The Bertz CT molecular complexity index is 381. The smallest absolute Gasteiger partial charge is 0.382 e. The summed E-state index contributed by atoms with van der Waals surface area (Å²) in [6.45, 7) is 0. The van der Waals surface area contributed by atoms with E-state index in [0.29, 0.717) is 6.04 Å². The minimum absolute atomic E-state index is 0.0689. The molecule has 1 aliphatic carbocycles. The van der Waals surface area contributed by atoms with Crippen LogP contribution in [0.25, 0.3) is 0 Å². The number of halogens is 3. The fourth-order valence-corrected chi connectivity index (χ4v) is 2.95. The monoisotopic (exact) mass is 289 g/mol. The minimum atomic E-state index is -4.21. The predicted octanol–water partition coefficient (Wildman–Crippen LogP) is 5.43. The number of thioether (sulfide) groups is 1. The van der Waals surface area contributed by atoms with Gasteiger partial charge in [0, 0.05) is 16.6 Å². The highest BCUT2D eigenvalue weighted by Crippen LogP contribution is 2.37. The highest BCUT2D eigenvalue weighted by Gasteiger charge is 2.29. The van der Waals surface area contributed by atoms with Crippen LogP contribution >= 0.6 is 11.8 Å². The third-order valence-electron chi connectivity index (χ3n) is 3.31. The molecule has 5 heteroatoms. The van der Waals surface area contributed by atoms with Gasteiger partial charge in [0.05, 0.1) is 0 Å². The van der Waals surface area contributed by atoms with Crippen LogP contribution in [0.4, 0.5) is 18.9 Å². The first-order valence-electron chi connectivity index (χ1n) is 6.65. The van der Waals surface area contributed by atoms with Gasteiger partial charge in [-0.3, -0.25) is 0 Å². The molecule has 1 aromatic carbocycles. The summed E-state index contributed by atoms with van der Waals surface area (Å²) >= 11 is -0.0689. The second-order valence-electron chi connectivity index (χ2n) is 4.91. The molecular weight excluding hydrogens is 271 g/mol. The number of alkyl halides is 3. The van der Waals surface area contributed by atoms with Crippen LogP contribution in [0.2, 0.25) is 0 Å². The Morgan fingerprint density at radius 2 is 1.53 bits per heavy atom. The average Bonchev–Trinajstić information content (AvgIpc) is 2.58. The maximum Gasteiger partial charge on any atom is 0.446 e. The molecule has 19 heavy (non-hydrogen) atoms. The third-order valence-corrected chi connectivity index (χ3v) is 4.05. The van der Waals surface area contributed by atoms with Crippen molar-refractivity contribution in [2.75, 3.05) is 5.32 Å². The summed E-state index contributed by atoms with van der Waals surface area (Å²) < 4.78 is 36.6. The summed E-state index contributed by atoms with van der Waals surface area (Å²) in [5, 5.41) is 3.42. The quantitative estimate of drug-likeness (QED) is 0.588. The predicted molar refractivity (Wildman–Crippen MR) is 73.5 cm³/mol. The van der Waals surface area contributed by atoms with Gasteiger partial charge in [0.15, 0.2) is 0 Å². The van der Waals surface area contributed by atoms with Crippen LogP contribution in [0.1, 0.15) is 38.5 Å². The molecule has 0 amide bonds. The van der Waals surface area contributed by atoms with Crippen molar-refractivity contribution in [1.29, 1.82) is 0 Å². The molecule has 1 saturated carbocycles. The first kappa shape index (κ1) is 14.6. The van der Waals surface area contributed by atoms with Gasteiger partial charge in [-0.1, -0.05) is 25.7 Å². The Morgan fingerprint density at radius 1 is 0.947 bits per heavy atom. The van der Waals surface area contributed by atoms with Crippen molar-refractivity contribution >= 4 is 17.4 Å². The SMILES string of the molecule is FC(F)(F)Sc1ccc(NC2CCCCCC2)cc1. The fourth-order valence-electron chi connectivity index (χ4n) is 2.41. The fraction of sp³-hybridized carbons (Fsp3) is 0.571. The second kappa shape index (κ2) is 6.55. The standard InChI is InChI=1S/C14H18F3NS/c15-14(16,17)19-13-9-7-12(8-10-13)18-11-5-3-1-2-4-6-11/h7-11,18H,1-6H2. The van der Waals surface area contributed by atoms with E-state index < -0.39 is 5.51 Å². The lowest BCUT2D eigenvalue weighted by atomic mass is 10.1. The summed E-state index contributed by atoms with van der Waals surface area (Å²) in [6.07, 6.45) is 7.36. The summed E-state index contributed by atoms with van der Waals surface area (Å²) in [5.41, 5.74) is -3.30. The number of benzene rings is 1. The van der Waals surface area contributed by atoms with Crippen LogP contribution in [-0.2, 0) is 0 Å². The van der Waals surface area contributed by atoms with E-state index in [1.165, 1.54) is 37.8 Å². The molecule has 1 aliphatic rings. The van der Waals surface area contributed by atoms with Crippen molar-refractivity contribution in [2.24, 2.45) is 0 Å². The molecule has 0 aromatic heterocycles. The Morgan fingerprint density at radius 3 is 2.05 bits per heavy atom. The highest BCUT2D eigenvalue weighted by atomic mass is 32.2. The first-order chi connectivity index (χ1) is 9.03. The Hall–Kier alpha value is -0.840. The third kappa shape index (κ3) is 5.35. The number of rotatable bonds is 3. The van der Waals surface area contributed by atoms with Crippen molar-refractivity contribution in [3.8, 4) is 0 Å². The van der Waals surface area contributed by atoms with Crippen LogP contribution in [0.5, 0.6) is 0 Å². The van der Waals surface area contributed by atoms with Crippen LogP contribution in [-0.4, -0.2) is 11.6 Å². The molecule has 1 nitrogen and oxygen atoms in total. The van der Waals surface area contributed by atoms with E-state index in [2.05, 4.69) is 5.32 Å². The topological polar surface area (TPSA) is 12.0 Å². The van der Waals surface area contributed by atoms with Gasteiger partial charge < -0.3 is 5.32 Å². The molecule has 0 radical (unpaired) electrons. The summed E-state index contributed by atoms with van der Waals surface area (Å²) in [7, 11) is 0. The van der Waals surface area contributed by atoms with Crippen molar-refractivity contribution in [1.82, 2.24) is 0 Å². The number of hydrogen-bond donors (Lipinski definition) is 1. The minimum Gasteiger partial charge on any atom is -0.382 e. The Labute approximate surface area is 116 Å². The lowest BCUT2D eigenvalue weighted by Gasteiger charge is -2.17. The molecular formula is C14H18F3NS. The molecule has 2 rings (SSSR count). The van der Waals surface area contributed by atoms with Gasteiger partial charge in [-0.15, -0.1) is 0 Å². The summed E-state index contributed by atoms with van der Waals surface area (Å²) in [6, 6.07) is 6.98. The zero-order valence-corrected chi connectivity index (χ0v) is 11.5. The van der Waals surface area contributed by atoms with Crippen molar-refractivity contribution in [3.05, 3.63) is 24.3 Å². The Kier molecular flexibility index (Phi) is 5.02. The number of nitrogens with one attached hydrogen (secondary N) is 1. The van der Waals surface area contributed by atoms with E-state index in [0.717, 1.165) is 18.5 Å². The van der Waals surface area contributed by atoms with Crippen LogP contribution in [0, 0.1) is 0 Å². The summed E-state index contributed by atoms with van der Waals surface area (Å²) in [5.74, 6) is 0. The maximum atomic E-state index is 12.2. The van der Waals surface area contributed by atoms with Crippen molar-refractivity contribution in [3.63, 3.8) is 0 Å². The van der Waals surface area contributed by atoms with E-state index in [-0.39, 0.29) is 16.7 Å². The Balaban J connectivity index is 1.90. The average molecular weight is 289 g/mol. The zero-order chi connectivity index (χ0) is 13.7. The van der Waals surface area contributed by atoms with Crippen LogP contribution < -0.4 is 5.32 Å². The molecule has 1 N–H and O–H groups in total. The molecule has 1 fully saturated rings. The van der Waals surface area contributed by atoms with Gasteiger partial charge in [0.1, 0.15) is 0 Å². The van der Waals surface area contributed by atoms with Crippen molar-refractivity contribution in [2.45, 2.75) is 55.0 Å². The highest BCUT2D eigenvalue weighted by molar-refractivity contribution is 8.00. The van der Waals surface area contributed by atoms with Gasteiger partial charge in [-0.25, -0.2) is 0 Å². The van der Waals surface area contributed by atoms with E-state index in [1.807, 2.05) is 0 Å². The van der Waals surface area contributed by atoms with E-state index in [1.54, 1.807) is 12.1 Å². The molecule has 0 aliphatic heterocycles. The molecule has 0 atom stereocenters. The van der Waals surface area contributed by atoms with Crippen molar-refractivity contribution < 1.29 is 13.2 Å². The van der Waals surface area contributed by atoms with Crippen LogP contribution in [0.15, 0.2) is 29.2 Å². The van der Waals surface area contributed by atoms with E-state index in [9.17, 15) is 13.2 Å². The normalized spacial score (nSPS) is 18.1. The van der Waals surface area contributed by atoms with E-state index in [4.69, 9.17) is 0 Å². The molecule has 106 valence electrons. The second-order valence-corrected chi connectivity index (χ2v) is 6.04. The van der Waals surface area contributed by atoms with E-state index >= 15 is 0 Å². The molecule has 0 bridgehead atoms. The molecule has 0 spiro atoms. The van der Waals surface area contributed by atoms with Crippen LogP contribution in [0.3, 0.4) is 0 Å². The first-order valence-corrected chi connectivity index (χ1v) is 7.47. The van der Waals surface area contributed by atoms with Gasteiger partial charge >= 0.3 is 5.51 Å². The molecule has 0 heterocycles. The molecule has 0 saturated heterocycles. The summed E-state index contributed by atoms with van der Waals surface area (Å²) in [4.78, 5) is 0.235. The van der Waals surface area contributed by atoms with Gasteiger partial charge in [0.25, 0.3) is 0 Å². The van der Waals surface area contributed by atoms with Gasteiger partial charge in [0.2, 0.25) is 0 Å². The lowest BCUT2D eigenvalue weighted by molar-refractivity contribution is -0.0328. The zero-order valence-electron chi connectivity index (χ0n) is 10.7. The number of anilines is 1. The largest absolute Gasteiger partial charge is 0.446 e. The molecule has 1 aromatic rings. The molecule has 0 unspecified atom stereocenters.